The molecule has 1 aromatic carbocycles. The Morgan fingerprint density at radius 1 is 1.00 bits per heavy atom. The van der Waals surface area contributed by atoms with Crippen molar-refractivity contribution in [3.05, 3.63) is 63.9 Å². The Bertz CT molecular complexity index is 1160. The van der Waals surface area contributed by atoms with E-state index in [-0.39, 0.29) is 21.5 Å². The number of hydrogen-bond acceptors (Lipinski definition) is 7. The Kier molecular flexibility index (Phi) is 7.50. The van der Waals surface area contributed by atoms with Crippen molar-refractivity contribution in [3.8, 4) is 0 Å². The topological polar surface area (TPSA) is 86.3 Å². The molecule has 1 saturated heterocycles. The smallest absolute Gasteiger partial charge is 0.258 e. The summed E-state index contributed by atoms with van der Waals surface area (Å²) in [6.07, 6.45) is 1.61. The van der Waals surface area contributed by atoms with Gasteiger partial charge in [0.05, 0.1) is 21.3 Å². The molecule has 10 heteroatoms. The monoisotopic (exact) mass is 499 g/mol. The van der Waals surface area contributed by atoms with E-state index in [9.17, 15) is 4.79 Å². The molecular formula is C24H27Cl2N7O. The molecule has 1 aliphatic rings. The normalized spacial score (nSPS) is 14.4. The minimum atomic E-state index is -0.394. The van der Waals surface area contributed by atoms with Crippen LogP contribution in [-0.2, 0) is 0 Å². The van der Waals surface area contributed by atoms with E-state index in [1.165, 1.54) is 0 Å². The van der Waals surface area contributed by atoms with E-state index in [4.69, 9.17) is 33.2 Å². The predicted molar refractivity (Wildman–Crippen MR) is 138 cm³/mol. The van der Waals surface area contributed by atoms with Gasteiger partial charge in [-0.1, -0.05) is 43.1 Å². The quantitative estimate of drug-likeness (QED) is 0.490. The maximum absolute atomic E-state index is 12.7. The van der Waals surface area contributed by atoms with Crippen molar-refractivity contribution in [1.29, 1.82) is 0 Å². The first-order valence-corrected chi connectivity index (χ1v) is 11.9. The zero-order chi connectivity index (χ0) is 24.2. The highest BCUT2D eigenvalue weighted by Crippen LogP contribution is 2.27. The van der Waals surface area contributed by atoms with Crippen LogP contribution in [0.3, 0.4) is 0 Å². The van der Waals surface area contributed by atoms with Crippen molar-refractivity contribution in [2.75, 3.05) is 48.8 Å². The lowest BCUT2D eigenvalue weighted by Gasteiger charge is -2.32. The number of nitrogens with one attached hydrogen (secondary N) is 2. The molecular weight excluding hydrogens is 473 g/mol. The van der Waals surface area contributed by atoms with Crippen molar-refractivity contribution in [2.45, 2.75) is 19.8 Å². The molecule has 8 nitrogen and oxygen atoms in total. The van der Waals surface area contributed by atoms with Crippen molar-refractivity contribution < 1.29 is 4.79 Å². The number of pyridine rings is 1. The summed E-state index contributed by atoms with van der Waals surface area (Å²) >= 11 is 12.3. The molecule has 4 rings (SSSR count). The molecule has 34 heavy (non-hydrogen) atoms. The average Bonchev–Trinajstić information content (AvgIpc) is 2.79. The third-order valence-electron chi connectivity index (χ3n) is 5.58. The van der Waals surface area contributed by atoms with Crippen molar-refractivity contribution in [2.24, 2.45) is 0 Å². The van der Waals surface area contributed by atoms with Crippen LogP contribution >= 0.6 is 23.2 Å². The Morgan fingerprint density at radius 3 is 2.38 bits per heavy atom. The van der Waals surface area contributed by atoms with Gasteiger partial charge in [0.15, 0.2) is 0 Å². The van der Waals surface area contributed by atoms with E-state index in [1.54, 1.807) is 36.5 Å². The summed E-state index contributed by atoms with van der Waals surface area (Å²) in [6, 6.07) is 10.3. The summed E-state index contributed by atoms with van der Waals surface area (Å²) in [7, 11) is 2.12. The van der Waals surface area contributed by atoms with Gasteiger partial charge in [-0.25, -0.2) is 9.97 Å². The summed E-state index contributed by atoms with van der Waals surface area (Å²) in [5.74, 6) is 1.75. The highest BCUT2D eigenvalue weighted by Gasteiger charge is 2.19. The SMILES string of the molecule is CC(C)c1cc(Nc2cc(NC(=O)c3c(Cl)cccc3Cl)ccn2)nc(N2CCN(C)CC2)n1. The van der Waals surface area contributed by atoms with Crippen LogP contribution in [0.2, 0.25) is 10.0 Å². The van der Waals surface area contributed by atoms with Crippen LogP contribution < -0.4 is 15.5 Å². The lowest BCUT2D eigenvalue weighted by atomic mass is 10.1. The van der Waals surface area contributed by atoms with Crippen molar-refractivity contribution >= 4 is 52.4 Å². The van der Waals surface area contributed by atoms with Gasteiger partial charge in [0.1, 0.15) is 11.6 Å². The van der Waals surface area contributed by atoms with Gasteiger partial charge >= 0.3 is 0 Å². The molecule has 0 aliphatic carbocycles. The molecule has 0 spiro atoms. The van der Waals surface area contributed by atoms with E-state index in [2.05, 4.69) is 46.3 Å². The van der Waals surface area contributed by atoms with Gasteiger partial charge in [-0.2, -0.15) is 4.98 Å². The molecule has 0 unspecified atom stereocenters. The summed E-state index contributed by atoms with van der Waals surface area (Å²) in [5.41, 5.74) is 1.73. The lowest BCUT2D eigenvalue weighted by molar-refractivity contribution is 0.102. The van der Waals surface area contributed by atoms with Gasteiger partial charge in [0, 0.05) is 50.2 Å². The number of aromatic nitrogens is 3. The number of likely N-dealkylation sites (N-methyl/N-ethyl adjacent to an activating group) is 1. The largest absolute Gasteiger partial charge is 0.338 e. The molecule has 3 aromatic rings. The second-order valence-corrected chi connectivity index (χ2v) is 9.34. The fourth-order valence-electron chi connectivity index (χ4n) is 3.58. The third-order valence-corrected chi connectivity index (χ3v) is 6.21. The summed E-state index contributed by atoms with van der Waals surface area (Å²) < 4.78 is 0. The second kappa shape index (κ2) is 10.5. The number of nitrogens with zero attached hydrogens (tertiary/aromatic N) is 5. The Morgan fingerprint density at radius 2 is 1.71 bits per heavy atom. The highest BCUT2D eigenvalue weighted by molar-refractivity contribution is 6.40. The summed E-state index contributed by atoms with van der Waals surface area (Å²) in [6.45, 7) is 7.90. The van der Waals surface area contributed by atoms with E-state index < -0.39 is 5.91 Å². The summed E-state index contributed by atoms with van der Waals surface area (Å²) in [4.78, 5) is 31.1. The van der Waals surface area contributed by atoms with Gasteiger partial charge < -0.3 is 20.4 Å². The molecule has 1 aliphatic heterocycles. The first kappa shape index (κ1) is 24.2. The number of hydrogen-bond donors (Lipinski definition) is 2. The number of piperazine rings is 1. The number of amides is 1. The molecule has 3 heterocycles. The molecule has 0 atom stereocenters. The Labute approximate surface area is 209 Å². The van der Waals surface area contributed by atoms with E-state index in [0.29, 0.717) is 23.3 Å². The molecule has 178 valence electrons. The minimum absolute atomic E-state index is 0.228. The van der Waals surface area contributed by atoms with E-state index in [1.807, 2.05) is 6.07 Å². The predicted octanol–water partition coefficient (Wildman–Crippen LogP) is 5.05. The second-order valence-electron chi connectivity index (χ2n) is 8.53. The number of benzene rings is 1. The minimum Gasteiger partial charge on any atom is -0.338 e. The van der Waals surface area contributed by atoms with Crippen LogP contribution in [0, 0.1) is 0 Å². The number of carbonyl (C=O) groups excluding carboxylic acids is 1. The Balaban J connectivity index is 1.55. The van der Waals surface area contributed by atoms with Crippen LogP contribution in [0.5, 0.6) is 0 Å². The van der Waals surface area contributed by atoms with Crippen LogP contribution in [0.4, 0.5) is 23.3 Å². The van der Waals surface area contributed by atoms with Gasteiger partial charge in [-0.05, 0) is 31.2 Å². The number of carbonyl (C=O) groups is 1. The highest BCUT2D eigenvalue weighted by atomic mass is 35.5. The van der Waals surface area contributed by atoms with Crippen molar-refractivity contribution in [3.63, 3.8) is 0 Å². The lowest BCUT2D eigenvalue weighted by Crippen LogP contribution is -2.45. The maximum atomic E-state index is 12.7. The maximum Gasteiger partial charge on any atom is 0.258 e. The molecule has 0 radical (unpaired) electrons. The standard InChI is InChI=1S/C24H27Cl2N7O/c1-15(2)19-14-21(31-24(29-19)33-11-9-32(3)10-12-33)30-20-13-16(7-8-27-20)28-23(34)22-17(25)5-4-6-18(22)26/h4-8,13-15H,9-12H2,1-3H3,(H2,27,28,29,30,31,34). The molecule has 2 aromatic heterocycles. The fourth-order valence-corrected chi connectivity index (χ4v) is 4.15. The first-order valence-electron chi connectivity index (χ1n) is 11.1. The number of rotatable bonds is 6. The van der Waals surface area contributed by atoms with Gasteiger partial charge in [-0.15, -0.1) is 0 Å². The Hall–Kier alpha value is -2.94. The van der Waals surface area contributed by atoms with Crippen LogP contribution in [-0.4, -0.2) is 59.0 Å². The molecule has 2 N–H and O–H groups in total. The van der Waals surface area contributed by atoms with Crippen LogP contribution in [0.25, 0.3) is 0 Å². The van der Waals surface area contributed by atoms with E-state index in [0.717, 1.165) is 31.9 Å². The molecule has 1 fully saturated rings. The van der Waals surface area contributed by atoms with Gasteiger partial charge in [0.2, 0.25) is 5.95 Å². The number of halogens is 2. The number of anilines is 4. The zero-order valence-electron chi connectivity index (χ0n) is 19.3. The van der Waals surface area contributed by atoms with Crippen LogP contribution in [0.15, 0.2) is 42.6 Å². The third kappa shape index (κ3) is 5.75. The van der Waals surface area contributed by atoms with E-state index >= 15 is 0 Å². The molecule has 0 bridgehead atoms. The van der Waals surface area contributed by atoms with Crippen LogP contribution in [0.1, 0.15) is 35.8 Å². The zero-order valence-corrected chi connectivity index (χ0v) is 20.9. The van der Waals surface area contributed by atoms with Gasteiger partial charge in [0.25, 0.3) is 5.91 Å². The van der Waals surface area contributed by atoms with Crippen molar-refractivity contribution in [1.82, 2.24) is 19.9 Å². The average molecular weight is 500 g/mol. The molecule has 1 amide bonds. The molecule has 0 saturated carbocycles. The first-order chi connectivity index (χ1) is 16.3. The fraction of sp³-hybridized carbons (Fsp3) is 0.333. The van der Waals surface area contributed by atoms with Gasteiger partial charge in [-0.3, -0.25) is 4.79 Å². The summed E-state index contributed by atoms with van der Waals surface area (Å²) in [5, 5.41) is 6.67.